The summed E-state index contributed by atoms with van der Waals surface area (Å²) in [6, 6.07) is 14.2. The zero-order valence-electron chi connectivity index (χ0n) is 15.1. The maximum atomic E-state index is 13.3. The summed E-state index contributed by atoms with van der Waals surface area (Å²) < 4.78 is 18.9. The summed E-state index contributed by atoms with van der Waals surface area (Å²) in [5.41, 5.74) is 3.30. The van der Waals surface area contributed by atoms with E-state index < -0.39 is 0 Å². The van der Waals surface area contributed by atoms with Crippen molar-refractivity contribution in [2.75, 3.05) is 13.2 Å². The number of hydrogen-bond donors (Lipinski definition) is 1. The van der Waals surface area contributed by atoms with Gasteiger partial charge in [-0.15, -0.1) is 0 Å². The largest absolute Gasteiger partial charge is 0.379 e. The maximum absolute atomic E-state index is 13.3. The summed E-state index contributed by atoms with van der Waals surface area (Å²) in [7, 11) is 0. The van der Waals surface area contributed by atoms with E-state index in [1.165, 1.54) is 23.8 Å². The quantitative estimate of drug-likeness (QED) is 0.768. The van der Waals surface area contributed by atoms with Gasteiger partial charge in [-0.3, -0.25) is 9.78 Å². The van der Waals surface area contributed by atoms with Gasteiger partial charge in [0.15, 0.2) is 0 Å². The first kappa shape index (κ1) is 17.6. The lowest BCUT2D eigenvalue weighted by atomic mass is 9.93. The Morgan fingerprint density at radius 3 is 2.93 bits per heavy atom. The second-order valence-electron chi connectivity index (χ2n) is 7.03. The molecule has 4 nitrogen and oxygen atoms in total. The van der Waals surface area contributed by atoms with Crippen LogP contribution in [-0.4, -0.2) is 30.1 Å². The number of carbonyl (C=O) groups is 1. The van der Waals surface area contributed by atoms with Gasteiger partial charge in [0.05, 0.1) is 24.8 Å². The predicted octanol–water partition coefficient (Wildman–Crippen LogP) is 3.67. The number of pyridine rings is 1. The number of aromatic nitrogens is 1. The van der Waals surface area contributed by atoms with Crippen LogP contribution in [0.25, 0.3) is 10.9 Å². The third kappa shape index (κ3) is 3.69. The van der Waals surface area contributed by atoms with Crippen LogP contribution in [0.3, 0.4) is 0 Å². The minimum absolute atomic E-state index is 0.0751. The highest BCUT2D eigenvalue weighted by Gasteiger charge is 2.30. The van der Waals surface area contributed by atoms with E-state index in [0.29, 0.717) is 24.3 Å². The predicted molar refractivity (Wildman–Crippen MR) is 102 cm³/mol. The number of fused-ring (bicyclic) bond motifs is 1. The first-order chi connectivity index (χ1) is 13.1. The van der Waals surface area contributed by atoms with Crippen molar-refractivity contribution in [2.24, 2.45) is 5.92 Å². The van der Waals surface area contributed by atoms with Crippen LogP contribution in [0.1, 0.15) is 21.5 Å². The van der Waals surface area contributed by atoms with Gasteiger partial charge in [-0.2, -0.15) is 0 Å². The minimum atomic E-state index is -0.337. The van der Waals surface area contributed by atoms with E-state index in [-0.39, 0.29) is 23.7 Å². The van der Waals surface area contributed by atoms with Crippen LogP contribution in [0.4, 0.5) is 4.39 Å². The summed E-state index contributed by atoms with van der Waals surface area (Å²) in [6.45, 7) is 2.83. The molecule has 5 heteroatoms. The molecule has 0 spiro atoms. The van der Waals surface area contributed by atoms with Crippen molar-refractivity contribution >= 4 is 16.8 Å². The number of benzene rings is 2. The number of hydrogen-bond acceptors (Lipinski definition) is 3. The molecule has 2 heterocycles. The van der Waals surface area contributed by atoms with Crippen molar-refractivity contribution in [2.45, 2.75) is 19.4 Å². The highest BCUT2D eigenvalue weighted by molar-refractivity contribution is 5.95. The zero-order chi connectivity index (χ0) is 18.8. The Labute approximate surface area is 157 Å². The van der Waals surface area contributed by atoms with Gasteiger partial charge >= 0.3 is 0 Å². The van der Waals surface area contributed by atoms with Gasteiger partial charge in [0.25, 0.3) is 5.91 Å². The molecule has 1 N–H and O–H groups in total. The lowest BCUT2D eigenvalue weighted by Crippen LogP contribution is -2.40. The summed E-state index contributed by atoms with van der Waals surface area (Å²) >= 11 is 0. The second-order valence-corrected chi connectivity index (χ2v) is 7.03. The van der Waals surface area contributed by atoms with Crippen molar-refractivity contribution in [1.82, 2.24) is 10.3 Å². The molecule has 2 aromatic carbocycles. The Morgan fingerprint density at radius 1 is 1.22 bits per heavy atom. The fourth-order valence-electron chi connectivity index (χ4n) is 3.70. The zero-order valence-corrected chi connectivity index (χ0v) is 15.1. The Morgan fingerprint density at radius 2 is 2.07 bits per heavy atom. The third-order valence-corrected chi connectivity index (χ3v) is 5.17. The van der Waals surface area contributed by atoms with E-state index in [9.17, 15) is 9.18 Å². The normalized spacial score (nSPS) is 19.3. The van der Waals surface area contributed by atoms with Crippen molar-refractivity contribution in [3.8, 4) is 0 Å². The average Bonchev–Trinajstić information content (AvgIpc) is 3.08. The molecule has 1 saturated heterocycles. The highest BCUT2D eigenvalue weighted by atomic mass is 19.1. The third-order valence-electron chi connectivity index (χ3n) is 5.17. The van der Waals surface area contributed by atoms with Crippen molar-refractivity contribution < 1.29 is 13.9 Å². The molecule has 1 aromatic heterocycles. The van der Waals surface area contributed by atoms with Gasteiger partial charge in [0, 0.05) is 23.1 Å². The summed E-state index contributed by atoms with van der Waals surface area (Å²) in [5.74, 6) is -0.344. The van der Waals surface area contributed by atoms with Crippen LogP contribution in [-0.2, 0) is 11.2 Å². The molecule has 1 fully saturated rings. The van der Waals surface area contributed by atoms with Crippen LogP contribution < -0.4 is 5.32 Å². The number of para-hydroxylation sites is 1. The first-order valence-corrected chi connectivity index (χ1v) is 9.09. The van der Waals surface area contributed by atoms with E-state index in [1.807, 2.05) is 30.5 Å². The fraction of sp³-hybridized carbons (Fsp3) is 0.273. The Kier molecular flexibility index (Phi) is 4.86. The van der Waals surface area contributed by atoms with E-state index >= 15 is 0 Å². The second kappa shape index (κ2) is 7.45. The molecular weight excluding hydrogens is 343 g/mol. The van der Waals surface area contributed by atoms with Gasteiger partial charge in [0.1, 0.15) is 5.82 Å². The number of amides is 1. The van der Waals surface area contributed by atoms with E-state index in [0.717, 1.165) is 17.3 Å². The van der Waals surface area contributed by atoms with Crippen LogP contribution in [0.5, 0.6) is 0 Å². The molecule has 27 heavy (non-hydrogen) atoms. The van der Waals surface area contributed by atoms with Crippen molar-refractivity contribution in [1.29, 1.82) is 0 Å². The molecule has 1 amide bonds. The van der Waals surface area contributed by atoms with Crippen molar-refractivity contribution in [3.63, 3.8) is 0 Å². The SMILES string of the molecule is Cc1cc(F)ccc1C(=O)N[C@@H]1COC[C@H]1Cc1ccnc2ccccc12. The standard InChI is InChI=1S/C22H21FN2O2/c1-14-10-17(23)6-7-18(14)22(26)25-21-13-27-12-16(21)11-15-8-9-24-20-5-3-2-4-19(15)20/h2-10,16,21H,11-13H2,1H3,(H,25,26)/t16-,21-/m1/s1. The summed E-state index contributed by atoms with van der Waals surface area (Å²) in [4.78, 5) is 17.1. The maximum Gasteiger partial charge on any atom is 0.251 e. The van der Waals surface area contributed by atoms with Gasteiger partial charge in [-0.25, -0.2) is 4.39 Å². The number of nitrogens with one attached hydrogen (secondary N) is 1. The Bertz CT molecular complexity index is 984. The molecule has 0 saturated carbocycles. The van der Waals surface area contributed by atoms with Crippen LogP contribution in [0.2, 0.25) is 0 Å². The van der Waals surface area contributed by atoms with Crippen LogP contribution in [0.15, 0.2) is 54.7 Å². The van der Waals surface area contributed by atoms with E-state index in [2.05, 4.69) is 16.4 Å². The Balaban J connectivity index is 1.51. The monoisotopic (exact) mass is 364 g/mol. The van der Waals surface area contributed by atoms with Crippen LogP contribution in [0, 0.1) is 18.7 Å². The summed E-state index contributed by atoms with van der Waals surface area (Å²) in [6.07, 6.45) is 2.62. The number of carbonyl (C=O) groups excluding carboxylic acids is 1. The number of nitrogens with zero attached hydrogens (tertiary/aromatic N) is 1. The number of rotatable bonds is 4. The number of aryl methyl sites for hydroxylation is 1. The molecule has 1 aliphatic rings. The number of halogens is 1. The van der Waals surface area contributed by atoms with Crippen molar-refractivity contribution in [3.05, 3.63) is 77.2 Å². The Hall–Kier alpha value is -2.79. The van der Waals surface area contributed by atoms with Gasteiger partial charge in [-0.1, -0.05) is 18.2 Å². The molecule has 0 bridgehead atoms. The molecule has 0 radical (unpaired) electrons. The topological polar surface area (TPSA) is 51.2 Å². The van der Waals surface area contributed by atoms with E-state index in [4.69, 9.17) is 4.74 Å². The molecular formula is C22H21FN2O2. The first-order valence-electron chi connectivity index (χ1n) is 9.09. The lowest BCUT2D eigenvalue weighted by Gasteiger charge is -2.20. The molecule has 0 unspecified atom stereocenters. The van der Waals surface area contributed by atoms with Gasteiger partial charge in [0.2, 0.25) is 0 Å². The van der Waals surface area contributed by atoms with Gasteiger partial charge < -0.3 is 10.1 Å². The highest BCUT2D eigenvalue weighted by Crippen LogP contribution is 2.24. The molecule has 3 aromatic rings. The van der Waals surface area contributed by atoms with Gasteiger partial charge in [-0.05, 0) is 54.8 Å². The molecule has 138 valence electrons. The summed E-state index contributed by atoms with van der Waals surface area (Å²) in [5, 5.41) is 4.20. The average molecular weight is 364 g/mol. The fourth-order valence-corrected chi connectivity index (χ4v) is 3.70. The number of ether oxygens (including phenoxy) is 1. The molecule has 2 atom stereocenters. The molecule has 1 aliphatic heterocycles. The molecule has 0 aliphatic carbocycles. The lowest BCUT2D eigenvalue weighted by molar-refractivity contribution is 0.0924. The van der Waals surface area contributed by atoms with Crippen LogP contribution >= 0.6 is 0 Å². The smallest absolute Gasteiger partial charge is 0.251 e. The van der Waals surface area contributed by atoms with E-state index in [1.54, 1.807) is 6.92 Å². The minimum Gasteiger partial charge on any atom is -0.379 e. The molecule has 4 rings (SSSR count).